The Balaban J connectivity index is 2.07. The van der Waals surface area contributed by atoms with Gasteiger partial charge in [-0.2, -0.15) is 0 Å². The lowest BCUT2D eigenvalue weighted by atomic mass is 9.94. The van der Waals surface area contributed by atoms with E-state index in [9.17, 15) is 9.90 Å². The lowest BCUT2D eigenvalue weighted by molar-refractivity contribution is -0.143. The van der Waals surface area contributed by atoms with Crippen LogP contribution in [0.2, 0.25) is 0 Å². The topological polar surface area (TPSA) is 37.3 Å². The molecule has 2 aliphatic carbocycles. The maximum Gasteiger partial charge on any atom is 0.310 e. The van der Waals surface area contributed by atoms with Crippen LogP contribution in [0.1, 0.15) is 36.8 Å². The predicted octanol–water partition coefficient (Wildman–Crippen LogP) is 2.83. The van der Waals surface area contributed by atoms with E-state index in [-0.39, 0.29) is 5.92 Å². The Kier molecular flexibility index (Phi) is 1.91. The second-order valence-electron chi connectivity index (χ2n) is 5.26. The lowest BCUT2D eigenvalue weighted by Gasteiger charge is -2.11. The van der Waals surface area contributed by atoms with Crippen LogP contribution < -0.4 is 0 Å². The highest BCUT2D eigenvalue weighted by Crippen LogP contribution is 2.68. The van der Waals surface area contributed by atoms with E-state index in [4.69, 9.17) is 0 Å². The molecule has 1 fully saturated rings. The van der Waals surface area contributed by atoms with Gasteiger partial charge in [0.2, 0.25) is 0 Å². The van der Waals surface area contributed by atoms with Crippen molar-refractivity contribution >= 4 is 5.97 Å². The molecule has 0 aromatic heterocycles. The van der Waals surface area contributed by atoms with E-state index < -0.39 is 11.4 Å². The zero-order valence-corrected chi connectivity index (χ0v) is 9.44. The van der Waals surface area contributed by atoms with Crippen molar-refractivity contribution in [2.75, 3.05) is 0 Å². The van der Waals surface area contributed by atoms with Crippen molar-refractivity contribution in [1.82, 2.24) is 0 Å². The summed E-state index contributed by atoms with van der Waals surface area (Å²) in [6.07, 6.45) is 3.29. The van der Waals surface area contributed by atoms with Crippen molar-refractivity contribution in [3.8, 4) is 0 Å². The summed E-state index contributed by atoms with van der Waals surface area (Å²) in [5, 5.41) is 9.36. The summed E-state index contributed by atoms with van der Waals surface area (Å²) in [7, 11) is 0. The van der Waals surface area contributed by atoms with E-state index in [0.717, 1.165) is 19.3 Å². The molecule has 3 atom stereocenters. The molecule has 0 radical (unpaired) electrons. The van der Waals surface area contributed by atoms with Gasteiger partial charge < -0.3 is 5.11 Å². The van der Waals surface area contributed by atoms with E-state index in [1.165, 1.54) is 11.1 Å². The standard InChI is InChI=1S/C14H16O2/c1-14(13(15)16)11-8-4-6-9-5-2-3-7-10(9)12(11)14/h2-3,5,7,11-12H,4,6,8H2,1H3,(H,15,16). The number of fused-ring (bicyclic) bond motifs is 3. The van der Waals surface area contributed by atoms with Gasteiger partial charge in [0.1, 0.15) is 0 Å². The van der Waals surface area contributed by atoms with Crippen molar-refractivity contribution in [1.29, 1.82) is 0 Å². The molecule has 16 heavy (non-hydrogen) atoms. The van der Waals surface area contributed by atoms with Crippen LogP contribution in [0, 0.1) is 11.3 Å². The van der Waals surface area contributed by atoms with Crippen molar-refractivity contribution in [3.05, 3.63) is 35.4 Å². The predicted molar refractivity (Wildman–Crippen MR) is 61.4 cm³/mol. The molecule has 3 rings (SSSR count). The Labute approximate surface area is 95.3 Å². The molecule has 0 aliphatic heterocycles. The number of aliphatic carboxylic acids is 1. The van der Waals surface area contributed by atoms with E-state index in [1.54, 1.807) is 0 Å². The molecule has 3 unspecified atom stereocenters. The van der Waals surface area contributed by atoms with Crippen molar-refractivity contribution < 1.29 is 9.90 Å². The number of hydrogen-bond acceptors (Lipinski definition) is 1. The molecule has 0 heterocycles. The second kappa shape index (κ2) is 3.09. The molecule has 2 nitrogen and oxygen atoms in total. The van der Waals surface area contributed by atoms with Gasteiger partial charge in [0.15, 0.2) is 0 Å². The summed E-state index contributed by atoms with van der Waals surface area (Å²) >= 11 is 0. The molecular weight excluding hydrogens is 200 g/mol. The van der Waals surface area contributed by atoms with E-state index >= 15 is 0 Å². The van der Waals surface area contributed by atoms with Crippen LogP contribution in [0.4, 0.5) is 0 Å². The molecule has 1 aromatic carbocycles. The first kappa shape index (κ1) is 9.88. The number of carboxylic acid groups (broad SMARTS) is 1. The van der Waals surface area contributed by atoms with E-state index in [0.29, 0.717) is 5.92 Å². The van der Waals surface area contributed by atoms with Crippen LogP contribution in [-0.4, -0.2) is 11.1 Å². The van der Waals surface area contributed by atoms with Crippen molar-refractivity contribution in [3.63, 3.8) is 0 Å². The molecule has 0 spiro atoms. The Bertz CT molecular complexity index is 452. The van der Waals surface area contributed by atoms with Crippen LogP contribution in [0.3, 0.4) is 0 Å². The number of aryl methyl sites for hydroxylation is 1. The van der Waals surface area contributed by atoms with Gasteiger partial charge in [-0.1, -0.05) is 24.3 Å². The number of carboxylic acids is 1. The first-order chi connectivity index (χ1) is 7.65. The SMILES string of the molecule is CC1(C(=O)O)C2CCCc3ccccc3C21. The fourth-order valence-electron chi connectivity index (χ4n) is 3.48. The van der Waals surface area contributed by atoms with Crippen LogP contribution in [0.15, 0.2) is 24.3 Å². The number of rotatable bonds is 1. The van der Waals surface area contributed by atoms with Gasteiger partial charge in [-0.3, -0.25) is 4.79 Å². The molecule has 1 saturated carbocycles. The monoisotopic (exact) mass is 216 g/mol. The third-order valence-corrected chi connectivity index (χ3v) is 4.52. The molecule has 0 saturated heterocycles. The third kappa shape index (κ3) is 1.10. The molecule has 2 heteroatoms. The first-order valence-corrected chi connectivity index (χ1v) is 5.97. The highest BCUT2D eigenvalue weighted by atomic mass is 16.4. The normalized spacial score (nSPS) is 35.8. The zero-order chi connectivity index (χ0) is 11.3. The Hall–Kier alpha value is -1.31. The average Bonchev–Trinajstić information content (AvgIpc) is 2.91. The molecule has 0 amide bonds. The highest BCUT2D eigenvalue weighted by Gasteiger charge is 2.67. The van der Waals surface area contributed by atoms with Crippen LogP contribution in [-0.2, 0) is 11.2 Å². The lowest BCUT2D eigenvalue weighted by Crippen LogP contribution is -2.15. The van der Waals surface area contributed by atoms with Gasteiger partial charge in [0, 0.05) is 5.92 Å². The summed E-state index contributed by atoms with van der Waals surface area (Å²) in [4.78, 5) is 11.4. The van der Waals surface area contributed by atoms with Crippen LogP contribution >= 0.6 is 0 Å². The Morgan fingerprint density at radius 2 is 2.19 bits per heavy atom. The fourth-order valence-corrected chi connectivity index (χ4v) is 3.48. The highest BCUT2D eigenvalue weighted by molar-refractivity contribution is 5.81. The average molecular weight is 216 g/mol. The van der Waals surface area contributed by atoms with Crippen LogP contribution in [0.25, 0.3) is 0 Å². The van der Waals surface area contributed by atoms with Gasteiger partial charge in [0.25, 0.3) is 0 Å². The van der Waals surface area contributed by atoms with Crippen molar-refractivity contribution in [2.24, 2.45) is 11.3 Å². The zero-order valence-electron chi connectivity index (χ0n) is 9.44. The largest absolute Gasteiger partial charge is 0.481 e. The summed E-state index contributed by atoms with van der Waals surface area (Å²) < 4.78 is 0. The number of carbonyl (C=O) groups is 1. The summed E-state index contributed by atoms with van der Waals surface area (Å²) in [6.45, 7) is 1.91. The number of hydrogen-bond donors (Lipinski definition) is 1. The van der Waals surface area contributed by atoms with Crippen molar-refractivity contribution in [2.45, 2.75) is 32.1 Å². The molecular formula is C14H16O2. The second-order valence-corrected chi connectivity index (χ2v) is 5.26. The van der Waals surface area contributed by atoms with Gasteiger partial charge in [-0.05, 0) is 43.2 Å². The summed E-state index contributed by atoms with van der Waals surface area (Å²) in [5.41, 5.74) is 2.14. The minimum absolute atomic E-state index is 0.253. The van der Waals surface area contributed by atoms with Gasteiger partial charge in [0.05, 0.1) is 5.41 Å². The first-order valence-electron chi connectivity index (χ1n) is 5.97. The smallest absolute Gasteiger partial charge is 0.310 e. The molecule has 84 valence electrons. The maximum absolute atomic E-state index is 11.4. The summed E-state index contributed by atoms with van der Waals surface area (Å²) in [6, 6.07) is 8.35. The number of benzene rings is 1. The molecule has 0 bridgehead atoms. The van der Waals surface area contributed by atoms with Gasteiger partial charge >= 0.3 is 5.97 Å². The van der Waals surface area contributed by atoms with Crippen LogP contribution in [0.5, 0.6) is 0 Å². The molecule has 2 aliphatic rings. The third-order valence-electron chi connectivity index (χ3n) is 4.52. The quantitative estimate of drug-likeness (QED) is 0.783. The minimum atomic E-state index is -0.626. The minimum Gasteiger partial charge on any atom is -0.481 e. The summed E-state index contributed by atoms with van der Waals surface area (Å²) in [5.74, 6) is -0.0171. The molecule has 1 N–H and O–H groups in total. The fraction of sp³-hybridized carbons (Fsp3) is 0.500. The van der Waals surface area contributed by atoms with Gasteiger partial charge in [-0.25, -0.2) is 0 Å². The molecule has 1 aromatic rings. The maximum atomic E-state index is 11.4. The Morgan fingerprint density at radius 3 is 2.94 bits per heavy atom. The van der Waals surface area contributed by atoms with E-state index in [1.807, 2.05) is 13.0 Å². The van der Waals surface area contributed by atoms with Gasteiger partial charge in [-0.15, -0.1) is 0 Å². The van der Waals surface area contributed by atoms with E-state index in [2.05, 4.69) is 18.2 Å². The Morgan fingerprint density at radius 1 is 1.44 bits per heavy atom.